The number of imide groups is 1. The maximum absolute atomic E-state index is 12.6. The van der Waals surface area contributed by atoms with Crippen LogP contribution < -0.4 is 10.2 Å². The molecule has 2 aromatic rings. The Morgan fingerprint density at radius 1 is 1.13 bits per heavy atom. The van der Waals surface area contributed by atoms with Crippen molar-refractivity contribution in [2.75, 3.05) is 10.2 Å². The Balaban J connectivity index is 1.87. The zero-order valence-corrected chi connectivity index (χ0v) is 13.9. The third-order valence-electron chi connectivity index (χ3n) is 3.77. The van der Waals surface area contributed by atoms with Crippen molar-refractivity contribution in [3.8, 4) is 0 Å². The van der Waals surface area contributed by atoms with E-state index in [9.17, 15) is 9.59 Å². The van der Waals surface area contributed by atoms with Gasteiger partial charge in [0.05, 0.1) is 17.1 Å². The molecule has 1 N–H and O–H groups in total. The number of carbonyl (C=O) groups is 2. The number of anilines is 2. The van der Waals surface area contributed by atoms with Crippen LogP contribution in [-0.4, -0.2) is 17.9 Å². The fraction of sp³-hybridized carbons (Fsp3) is 0.176. The van der Waals surface area contributed by atoms with Gasteiger partial charge in [0.2, 0.25) is 5.91 Å². The Morgan fingerprint density at radius 2 is 1.87 bits per heavy atom. The minimum absolute atomic E-state index is 0.0894. The van der Waals surface area contributed by atoms with Gasteiger partial charge in [-0.25, -0.2) is 4.90 Å². The van der Waals surface area contributed by atoms with Crippen LogP contribution in [-0.2, 0) is 9.59 Å². The molecule has 23 heavy (non-hydrogen) atoms. The predicted molar refractivity (Wildman–Crippen MR) is 92.2 cm³/mol. The number of nitrogens with zero attached hydrogens (tertiary/aromatic N) is 1. The topological polar surface area (TPSA) is 49.4 Å². The maximum Gasteiger partial charge on any atom is 0.256 e. The van der Waals surface area contributed by atoms with Crippen LogP contribution in [0.4, 0.5) is 11.4 Å². The molecule has 1 aliphatic rings. The number of aryl methyl sites for hydroxylation is 1. The lowest BCUT2D eigenvalue weighted by atomic mass is 10.1. The lowest BCUT2D eigenvalue weighted by Crippen LogP contribution is -2.35. The number of halogens is 2. The van der Waals surface area contributed by atoms with Crippen LogP contribution in [0.1, 0.15) is 12.0 Å². The molecule has 3 rings (SSSR count). The molecule has 1 saturated heterocycles. The predicted octanol–water partition coefficient (Wildman–Crippen LogP) is 4.05. The number of amides is 2. The van der Waals surface area contributed by atoms with Crippen LogP contribution in [0.2, 0.25) is 10.0 Å². The number of hydrogen-bond donors (Lipinski definition) is 1. The Kier molecular flexibility index (Phi) is 4.28. The van der Waals surface area contributed by atoms with Crippen LogP contribution in [0.25, 0.3) is 0 Å². The zero-order chi connectivity index (χ0) is 16.6. The first-order valence-electron chi connectivity index (χ1n) is 7.11. The lowest BCUT2D eigenvalue weighted by molar-refractivity contribution is -0.121. The van der Waals surface area contributed by atoms with Gasteiger partial charge < -0.3 is 5.32 Å². The molecule has 2 amide bonds. The fourth-order valence-corrected chi connectivity index (χ4v) is 3.08. The molecule has 118 valence electrons. The second-order valence-corrected chi connectivity index (χ2v) is 6.22. The van der Waals surface area contributed by atoms with Gasteiger partial charge >= 0.3 is 0 Å². The Labute approximate surface area is 144 Å². The zero-order valence-electron chi connectivity index (χ0n) is 12.3. The highest BCUT2D eigenvalue weighted by Crippen LogP contribution is 2.33. The summed E-state index contributed by atoms with van der Waals surface area (Å²) in [7, 11) is 0. The number of hydrogen-bond acceptors (Lipinski definition) is 3. The Bertz CT molecular complexity index is 792. The van der Waals surface area contributed by atoms with Gasteiger partial charge in [-0.15, -0.1) is 0 Å². The van der Waals surface area contributed by atoms with Crippen LogP contribution in [0, 0.1) is 6.92 Å². The standard InChI is InChI=1S/C17H14Cl2N2O2/c1-10-4-2-3-5-13(10)20-14-9-16(22)21(17(14)23)15-7-6-11(18)8-12(15)19/h2-8,14,20H,9H2,1H3/t14-/m0/s1. The van der Waals surface area contributed by atoms with Crippen molar-refractivity contribution < 1.29 is 9.59 Å². The molecule has 1 heterocycles. The SMILES string of the molecule is Cc1ccccc1N[C@H]1CC(=O)N(c2ccc(Cl)cc2Cl)C1=O. The van der Waals surface area contributed by atoms with E-state index in [1.807, 2.05) is 31.2 Å². The van der Waals surface area contributed by atoms with E-state index in [2.05, 4.69) is 5.32 Å². The summed E-state index contributed by atoms with van der Waals surface area (Å²) in [5.41, 5.74) is 2.21. The summed E-state index contributed by atoms with van der Waals surface area (Å²) >= 11 is 12.0. The molecule has 1 fully saturated rings. The van der Waals surface area contributed by atoms with E-state index in [-0.39, 0.29) is 23.3 Å². The number of nitrogens with one attached hydrogen (secondary N) is 1. The second kappa shape index (κ2) is 6.22. The summed E-state index contributed by atoms with van der Waals surface area (Å²) < 4.78 is 0. The number of benzene rings is 2. The molecule has 0 saturated carbocycles. The van der Waals surface area contributed by atoms with E-state index in [1.165, 1.54) is 6.07 Å². The highest BCUT2D eigenvalue weighted by atomic mass is 35.5. The Morgan fingerprint density at radius 3 is 2.57 bits per heavy atom. The first-order valence-corrected chi connectivity index (χ1v) is 7.87. The van der Waals surface area contributed by atoms with Gasteiger partial charge in [0.25, 0.3) is 5.91 Å². The van der Waals surface area contributed by atoms with Crippen LogP contribution in [0.15, 0.2) is 42.5 Å². The summed E-state index contributed by atoms with van der Waals surface area (Å²) in [6.07, 6.45) is 0.0894. The molecule has 1 aliphatic heterocycles. The van der Waals surface area contributed by atoms with E-state index in [0.29, 0.717) is 10.7 Å². The molecule has 4 nitrogen and oxygen atoms in total. The third kappa shape index (κ3) is 3.05. The molecule has 0 bridgehead atoms. The number of rotatable bonds is 3. The molecule has 1 atom stereocenters. The van der Waals surface area contributed by atoms with Crippen molar-refractivity contribution in [3.63, 3.8) is 0 Å². The van der Waals surface area contributed by atoms with Crippen molar-refractivity contribution in [2.45, 2.75) is 19.4 Å². The van der Waals surface area contributed by atoms with Crippen LogP contribution >= 0.6 is 23.2 Å². The summed E-state index contributed by atoms with van der Waals surface area (Å²) in [6, 6.07) is 11.7. The number of carbonyl (C=O) groups excluding carboxylic acids is 2. The Hall–Kier alpha value is -2.04. The third-order valence-corrected chi connectivity index (χ3v) is 4.31. The van der Waals surface area contributed by atoms with Crippen molar-refractivity contribution in [1.29, 1.82) is 0 Å². The van der Waals surface area contributed by atoms with Crippen LogP contribution in [0.5, 0.6) is 0 Å². The van der Waals surface area contributed by atoms with Gasteiger partial charge in [-0.2, -0.15) is 0 Å². The smallest absolute Gasteiger partial charge is 0.256 e. The quantitative estimate of drug-likeness (QED) is 0.851. The van der Waals surface area contributed by atoms with Crippen LogP contribution in [0.3, 0.4) is 0 Å². The minimum Gasteiger partial charge on any atom is -0.373 e. The highest BCUT2D eigenvalue weighted by molar-refractivity contribution is 6.38. The minimum atomic E-state index is -0.602. The van der Waals surface area contributed by atoms with E-state index in [0.717, 1.165) is 16.2 Å². The monoisotopic (exact) mass is 348 g/mol. The molecule has 6 heteroatoms. The average Bonchev–Trinajstić information content (AvgIpc) is 2.77. The first-order chi connectivity index (χ1) is 11.0. The van der Waals surface area contributed by atoms with E-state index < -0.39 is 6.04 Å². The van der Waals surface area contributed by atoms with Crippen molar-refractivity contribution in [1.82, 2.24) is 0 Å². The summed E-state index contributed by atoms with van der Waals surface area (Å²) in [5, 5.41) is 3.86. The van der Waals surface area contributed by atoms with Crippen molar-refractivity contribution >= 4 is 46.4 Å². The summed E-state index contributed by atoms with van der Waals surface area (Å²) in [5.74, 6) is -0.604. The van der Waals surface area contributed by atoms with Gasteiger partial charge in [0, 0.05) is 10.7 Å². The molecular formula is C17H14Cl2N2O2. The maximum atomic E-state index is 12.6. The summed E-state index contributed by atoms with van der Waals surface area (Å²) in [4.78, 5) is 26.0. The van der Waals surface area contributed by atoms with Gasteiger partial charge in [0.15, 0.2) is 0 Å². The molecule has 0 aromatic heterocycles. The van der Waals surface area contributed by atoms with Gasteiger partial charge in [-0.3, -0.25) is 9.59 Å². The highest BCUT2D eigenvalue weighted by Gasteiger charge is 2.40. The van der Waals surface area contributed by atoms with E-state index >= 15 is 0 Å². The van der Waals surface area contributed by atoms with Gasteiger partial charge in [-0.05, 0) is 36.8 Å². The lowest BCUT2D eigenvalue weighted by Gasteiger charge is -2.18. The van der Waals surface area contributed by atoms with Crippen molar-refractivity contribution in [2.24, 2.45) is 0 Å². The molecule has 2 aromatic carbocycles. The largest absolute Gasteiger partial charge is 0.373 e. The van der Waals surface area contributed by atoms with E-state index in [4.69, 9.17) is 23.2 Å². The molecular weight excluding hydrogens is 335 g/mol. The first kappa shape index (κ1) is 15.8. The summed E-state index contributed by atoms with van der Waals surface area (Å²) in [6.45, 7) is 1.94. The average molecular weight is 349 g/mol. The molecule has 0 unspecified atom stereocenters. The normalized spacial score (nSPS) is 17.7. The fourth-order valence-electron chi connectivity index (χ4n) is 2.58. The van der Waals surface area contributed by atoms with Gasteiger partial charge in [0.1, 0.15) is 6.04 Å². The number of para-hydroxylation sites is 1. The molecule has 0 spiro atoms. The molecule has 0 radical (unpaired) electrons. The second-order valence-electron chi connectivity index (χ2n) is 5.38. The van der Waals surface area contributed by atoms with Gasteiger partial charge in [-0.1, -0.05) is 41.4 Å². The molecule has 0 aliphatic carbocycles. The van der Waals surface area contributed by atoms with Crippen molar-refractivity contribution in [3.05, 3.63) is 58.1 Å². The van der Waals surface area contributed by atoms with E-state index in [1.54, 1.807) is 12.1 Å².